The third-order valence-electron chi connectivity index (χ3n) is 5.13. The third-order valence-corrected chi connectivity index (χ3v) is 5.38. The van der Waals surface area contributed by atoms with E-state index in [-0.39, 0.29) is 0 Å². The van der Waals surface area contributed by atoms with E-state index in [1.165, 1.54) is 30.6 Å². The van der Waals surface area contributed by atoms with Crippen LogP contribution in [-0.2, 0) is 19.3 Å². The first kappa shape index (κ1) is 16.0. The molecule has 1 fully saturated rings. The van der Waals surface area contributed by atoms with E-state index in [0.717, 1.165) is 60.4 Å². The highest BCUT2D eigenvalue weighted by atomic mass is 35.5. The molecule has 0 saturated heterocycles. The van der Waals surface area contributed by atoms with Gasteiger partial charge in [-0.3, -0.25) is 0 Å². The van der Waals surface area contributed by atoms with Gasteiger partial charge in [0.1, 0.15) is 5.82 Å². The molecular formula is C20H24ClN3. The van der Waals surface area contributed by atoms with Gasteiger partial charge in [-0.05, 0) is 37.3 Å². The topological polar surface area (TPSA) is 29.0 Å². The van der Waals surface area contributed by atoms with Gasteiger partial charge in [0.15, 0.2) is 0 Å². The maximum Gasteiger partial charge on any atom is 0.129 e. The summed E-state index contributed by atoms with van der Waals surface area (Å²) in [5.41, 5.74) is 4.86. The summed E-state index contributed by atoms with van der Waals surface area (Å²) in [6.45, 7) is 5.64. The van der Waals surface area contributed by atoms with Gasteiger partial charge in [-0.15, -0.1) is 0 Å². The van der Waals surface area contributed by atoms with Gasteiger partial charge >= 0.3 is 0 Å². The van der Waals surface area contributed by atoms with Crippen LogP contribution in [0.3, 0.4) is 0 Å². The molecule has 2 heterocycles. The van der Waals surface area contributed by atoms with Crippen molar-refractivity contribution in [1.29, 1.82) is 0 Å². The maximum absolute atomic E-state index is 6.06. The predicted octanol–water partition coefficient (Wildman–Crippen LogP) is 4.17. The van der Waals surface area contributed by atoms with Crippen LogP contribution in [0.1, 0.15) is 36.8 Å². The standard InChI is InChI=1S/C20H24ClN3/c1-2-19-22-18-10-12-24(13-14-3-4-14)11-9-17(18)20(23-19)15-5-7-16(21)8-6-15/h5-8,14H,2-4,9-13H2,1H3. The van der Waals surface area contributed by atoms with E-state index in [2.05, 4.69) is 24.0 Å². The molecule has 0 N–H and O–H groups in total. The van der Waals surface area contributed by atoms with Gasteiger partial charge < -0.3 is 4.90 Å². The van der Waals surface area contributed by atoms with Crippen molar-refractivity contribution in [3.8, 4) is 11.3 Å². The molecule has 0 amide bonds. The van der Waals surface area contributed by atoms with Crippen LogP contribution in [0.15, 0.2) is 24.3 Å². The number of rotatable bonds is 4. The van der Waals surface area contributed by atoms with Crippen molar-refractivity contribution in [3.05, 3.63) is 46.4 Å². The Kier molecular flexibility index (Phi) is 4.55. The number of hydrogen-bond acceptors (Lipinski definition) is 3. The average Bonchev–Trinajstić information content (AvgIpc) is 3.43. The van der Waals surface area contributed by atoms with E-state index < -0.39 is 0 Å². The quantitative estimate of drug-likeness (QED) is 0.835. The van der Waals surface area contributed by atoms with Crippen LogP contribution in [0.25, 0.3) is 11.3 Å². The first-order chi connectivity index (χ1) is 11.7. The van der Waals surface area contributed by atoms with E-state index in [0.29, 0.717) is 0 Å². The largest absolute Gasteiger partial charge is 0.302 e. The predicted molar refractivity (Wildman–Crippen MR) is 98.4 cm³/mol. The SMILES string of the molecule is CCc1nc2c(c(-c3ccc(Cl)cc3)n1)CCN(CC1CC1)CC2. The molecule has 0 spiro atoms. The molecule has 1 aromatic carbocycles. The number of aromatic nitrogens is 2. The Bertz CT molecular complexity index is 722. The van der Waals surface area contributed by atoms with Crippen LogP contribution in [0.2, 0.25) is 5.02 Å². The van der Waals surface area contributed by atoms with Crippen molar-refractivity contribution in [1.82, 2.24) is 14.9 Å². The Morgan fingerprint density at radius 1 is 1.08 bits per heavy atom. The molecule has 24 heavy (non-hydrogen) atoms. The number of fused-ring (bicyclic) bond motifs is 1. The molecule has 0 unspecified atom stereocenters. The first-order valence-corrected chi connectivity index (χ1v) is 9.47. The molecule has 1 aliphatic carbocycles. The molecule has 1 aromatic heterocycles. The van der Waals surface area contributed by atoms with Crippen LogP contribution >= 0.6 is 11.6 Å². The lowest BCUT2D eigenvalue weighted by atomic mass is 10.0. The first-order valence-electron chi connectivity index (χ1n) is 9.10. The zero-order valence-corrected chi connectivity index (χ0v) is 15.0. The summed E-state index contributed by atoms with van der Waals surface area (Å²) >= 11 is 6.06. The Balaban J connectivity index is 1.68. The van der Waals surface area contributed by atoms with Gasteiger partial charge in [-0.1, -0.05) is 30.7 Å². The second-order valence-corrected chi connectivity index (χ2v) is 7.45. The summed E-state index contributed by atoms with van der Waals surface area (Å²) in [4.78, 5) is 12.4. The van der Waals surface area contributed by atoms with Crippen molar-refractivity contribution in [2.45, 2.75) is 39.0 Å². The van der Waals surface area contributed by atoms with Crippen LogP contribution < -0.4 is 0 Å². The fourth-order valence-corrected chi connectivity index (χ4v) is 3.68. The highest BCUT2D eigenvalue weighted by Crippen LogP contribution is 2.32. The molecule has 4 heteroatoms. The summed E-state index contributed by atoms with van der Waals surface area (Å²) in [6.07, 6.45) is 5.79. The lowest BCUT2D eigenvalue weighted by Crippen LogP contribution is -2.28. The van der Waals surface area contributed by atoms with Gasteiger partial charge in [0, 0.05) is 54.3 Å². The molecule has 0 radical (unpaired) electrons. The minimum atomic E-state index is 0.769. The van der Waals surface area contributed by atoms with Crippen molar-refractivity contribution in [2.24, 2.45) is 5.92 Å². The van der Waals surface area contributed by atoms with E-state index in [9.17, 15) is 0 Å². The van der Waals surface area contributed by atoms with E-state index >= 15 is 0 Å². The van der Waals surface area contributed by atoms with Gasteiger partial charge in [0.25, 0.3) is 0 Å². The molecule has 0 bridgehead atoms. The second kappa shape index (κ2) is 6.81. The van der Waals surface area contributed by atoms with Crippen LogP contribution in [0.5, 0.6) is 0 Å². The maximum atomic E-state index is 6.06. The molecule has 126 valence electrons. The molecular weight excluding hydrogens is 318 g/mol. The van der Waals surface area contributed by atoms with Gasteiger partial charge in [0.05, 0.1) is 5.69 Å². The summed E-state index contributed by atoms with van der Waals surface area (Å²) in [6, 6.07) is 8.06. The molecule has 2 aromatic rings. The van der Waals surface area contributed by atoms with E-state index in [1.807, 2.05) is 12.1 Å². The fourth-order valence-electron chi connectivity index (χ4n) is 3.55. The lowest BCUT2D eigenvalue weighted by Gasteiger charge is -2.18. The number of hydrogen-bond donors (Lipinski definition) is 0. The molecule has 0 atom stereocenters. The minimum absolute atomic E-state index is 0.769. The highest BCUT2D eigenvalue weighted by molar-refractivity contribution is 6.30. The zero-order valence-electron chi connectivity index (χ0n) is 14.3. The van der Waals surface area contributed by atoms with Crippen LogP contribution in [0.4, 0.5) is 0 Å². The number of nitrogens with zero attached hydrogens (tertiary/aromatic N) is 3. The normalized spacial score (nSPS) is 18.2. The Morgan fingerprint density at radius 2 is 1.83 bits per heavy atom. The number of halogens is 1. The fraction of sp³-hybridized carbons (Fsp3) is 0.500. The second-order valence-electron chi connectivity index (χ2n) is 7.02. The van der Waals surface area contributed by atoms with Gasteiger partial charge in [0.2, 0.25) is 0 Å². The summed E-state index contributed by atoms with van der Waals surface area (Å²) in [5, 5.41) is 0.769. The molecule has 1 saturated carbocycles. The van der Waals surface area contributed by atoms with Gasteiger partial charge in [-0.2, -0.15) is 0 Å². The third kappa shape index (κ3) is 3.47. The van der Waals surface area contributed by atoms with Crippen molar-refractivity contribution in [3.63, 3.8) is 0 Å². The van der Waals surface area contributed by atoms with Crippen LogP contribution in [-0.4, -0.2) is 34.5 Å². The monoisotopic (exact) mass is 341 g/mol. The minimum Gasteiger partial charge on any atom is -0.302 e. The van der Waals surface area contributed by atoms with E-state index in [4.69, 9.17) is 21.6 Å². The number of aryl methyl sites for hydroxylation is 1. The molecule has 1 aliphatic heterocycles. The van der Waals surface area contributed by atoms with Crippen molar-refractivity contribution < 1.29 is 0 Å². The summed E-state index contributed by atoms with van der Waals surface area (Å²) < 4.78 is 0. The Labute approximate surface area is 149 Å². The van der Waals surface area contributed by atoms with Crippen molar-refractivity contribution >= 4 is 11.6 Å². The molecule has 2 aliphatic rings. The Hall–Kier alpha value is -1.45. The number of benzene rings is 1. The zero-order chi connectivity index (χ0) is 16.5. The lowest BCUT2D eigenvalue weighted by molar-refractivity contribution is 0.275. The highest BCUT2D eigenvalue weighted by Gasteiger charge is 2.26. The van der Waals surface area contributed by atoms with Crippen LogP contribution in [0, 0.1) is 5.92 Å². The van der Waals surface area contributed by atoms with Crippen molar-refractivity contribution in [2.75, 3.05) is 19.6 Å². The van der Waals surface area contributed by atoms with Gasteiger partial charge in [-0.25, -0.2) is 9.97 Å². The average molecular weight is 342 g/mol. The Morgan fingerprint density at radius 3 is 2.54 bits per heavy atom. The van der Waals surface area contributed by atoms with E-state index in [1.54, 1.807) is 0 Å². The summed E-state index contributed by atoms with van der Waals surface area (Å²) in [5.74, 6) is 1.90. The smallest absolute Gasteiger partial charge is 0.129 e. The molecule has 4 rings (SSSR count). The molecule has 3 nitrogen and oxygen atoms in total. The summed E-state index contributed by atoms with van der Waals surface area (Å²) in [7, 11) is 0.